The number of pyridine rings is 2. The Bertz CT molecular complexity index is 1180. The van der Waals surface area contributed by atoms with E-state index in [2.05, 4.69) is 20.9 Å². The van der Waals surface area contributed by atoms with Crippen LogP contribution in [0.3, 0.4) is 0 Å². The molecular weight excluding hydrogens is 456 g/mol. The molecule has 0 amide bonds. The molecular formula is C23H27ClN8S. The maximum Gasteiger partial charge on any atom is 0.163 e. The van der Waals surface area contributed by atoms with Crippen molar-refractivity contribution in [1.82, 2.24) is 19.9 Å². The van der Waals surface area contributed by atoms with E-state index < -0.39 is 0 Å². The van der Waals surface area contributed by atoms with Gasteiger partial charge in [-0.25, -0.2) is 15.0 Å². The first-order valence-electron chi connectivity index (χ1n) is 10.9. The normalized spacial score (nSPS) is 19.0. The predicted octanol–water partition coefficient (Wildman–Crippen LogP) is 3.56. The summed E-state index contributed by atoms with van der Waals surface area (Å²) in [6, 6.07) is 5.99. The molecule has 1 fully saturated rings. The van der Waals surface area contributed by atoms with Gasteiger partial charge in [0.05, 0.1) is 11.2 Å². The molecule has 0 unspecified atom stereocenters. The van der Waals surface area contributed by atoms with Crippen LogP contribution in [0.15, 0.2) is 46.7 Å². The van der Waals surface area contributed by atoms with Crippen molar-refractivity contribution >= 4 is 40.8 Å². The molecule has 3 aromatic rings. The molecule has 1 saturated heterocycles. The summed E-state index contributed by atoms with van der Waals surface area (Å²) >= 11 is 7.78. The minimum atomic E-state index is 0.0445. The van der Waals surface area contributed by atoms with E-state index in [-0.39, 0.29) is 11.5 Å². The Morgan fingerprint density at radius 3 is 2.67 bits per heavy atom. The number of halogens is 1. The van der Waals surface area contributed by atoms with Crippen LogP contribution in [0, 0.1) is 5.41 Å². The summed E-state index contributed by atoms with van der Waals surface area (Å²) in [6.45, 7) is 1.78. The second kappa shape index (κ2) is 8.62. The van der Waals surface area contributed by atoms with E-state index in [4.69, 9.17) is 33.0 Å². The zero-order chi connectivity index (χ0) is 23.2. The number of nitrogens with zero attached hydrogens (tertiary/aromatic N) is 6. The van der Waals surface area contributed by atoms with E-state index in [9.17, 15) is 0 Å². The van der Waals surface area contributed by atoms with Crippen LogP contribution in [-0.2, 0) is 6.42 Å². The number of piperidine rings is 1. The molecule has 33 heavy (non-hydrogen) atoms. The van der Waals surface area contributed by atoms with E-state index in [1.54, 1.807) is 6.20 Å². The standard InChI is InChI=1S/C23H27ClN8S/c1-31(2)21-22(33-16-5-9-28-20(26)18(16)24)29-13-17(30-21)32-10-6-23(7-11-32)12-15-14(19(23)25)4-3-8-27-15/h3-5,8-9,13,19H,6-7,10-12,25H2,1-2H3,(H2,26,28)/t19-/m1/s1. The number of fused-ring (bicyclic) bond motifs is 1. The summed E-state index contributed by atoms with van der Waals surface area (Å²) in [5.74, 6) is 1.97. The first-order valence-corrected chi connectivity index (χ1v) is 12.1. The molecule has 172 valence electrons. The highest BCUT2D eigenvalue weighted by atomic mass is 35.5. The largest absolute Gasteiger partial charge is 0.382 e. The van der Waals surface area contributed by atoms with Crippen LogP contribution in [0.2, 0.25) is 5.02 Å². The fraction of sp³-hybridized carbons (Fsp3) is 0.391. The zero-order valence-corrected chi connectivity index (χ0v) is 20.3. The highest BCUT2D eigenvalue weighted by Crippen LogP contribution is 2.50. The van der Waals surface area contributed by atoms with Gasteiger partial charge < -0.3 is 21.3 Å². The van der Waals surface area contributed by atoms with Crippen molar-refractivity contribution in [2.24, 2.45) is 11.1 Å². The number of nitrogen functional groups attached to an aromatic ring is 1. The van der Waals surface area contributed by atoms with Crippen molar-refractivity contribution in [1.29, 1.82) is 0 Å². The maximum absolute atomic E-state index is 6.70. The van der Waals surface area contributed by atoms with Gasteiger partial charge >= 0.3 is 0 Å². The van der Waals surface area contributed by atoms with Crippen molar-refractivity contribution in [3.05, 3.63) is 53.1 Å². The van der Waals surface area contributed by atoms with Gasteiger partial charge in [-0.1, -0.05) is 29.4 Å². The molecule has 0 radical (unpaired) electrons. The van der Waals surface area contributed by atoms with Gasteiger partial charge in [0.15, 0.2) is 5.82 Å². The quantitative estimate of drug-likeness (QED) is 0.576. The Balaban J connectivity index is 1.35. The van der Waals surface area contributed by atoms with E-state index in [0.717, 1.165) is 59.6 Å². The summed E-state index contributed by atoms with van der Waals surface area (Å²) in [5.41, 5.74) is 15.0. The third kappa shape index (κ3) is 3.98. The van der Waals surface area contributed by atoms with Crippen LogP contribution < -0.4 is 21.3 Å². The molecule has 3 aromatic heterocycles. The van der Waals surface area contributed by atoms with Crippen molar-refractivity contribution in [2.45, 2.75) is 35.2 Å². The van der Waals surface area contributed by atoms with Gasteiger partial charge in [0, 0.05) is 56.2 Å². The molecule has 0 aromatic carbocycles. The van der Waals surface area contributed by atoms with E-state index in [0.29, 0.717) is 10.8 Å². The number of rotatable bonds is 4. The molecule has 2 aliphatic rings. The second-order valence-corrected chi connectivity index (χ2v) is 10.3. The van der Waals surface area contributed by atoms with Crippen LogP contribution in [0.1, 0.15) is 30.1 Å². The molecule has 10 heteroatoms. The second-order valence-electron chi connectivity index (χ2n) is 8.90. The van der Waals surface area contributed by atoms with Gasteiger partial charge in [-0.3, -0.25) is 4.98 Å². The molecule has 4 N–H and O–H groups in total. The average Bonchev–Trinajstić information content (AvgIpc) is 3.09. The van der Waals surface area contributed by atoms with E-state index in [1.807, 2.05) is 43.5 Å². The van der Waals surface area contributed by atoms with Crippen molar-refractivity contribution in [3.8, 4) is 0 Å². The first-order chi connectivity index (χ1) is 15.9. The van der Waals surface area contributed by atoms with Gasteiger partial charge in [0.25, 0.3) is 0 Å². The third-order valence-corrected chi connectivity index (χ3v) is 8.29. The molecule has 1 spiro atoms. The molecule has 8 nitrogen and oxygen atoms in total. The number of nitrogens with two attached hydrogens (primary N) is 2. The number of hydrogen-bond donors (Lipinski definition) is 2. The predicted molar refractivity (Wildman–Crippen MR) is 133 cm³/mol. The van der Waals surface area contributed by atoms with E-state index in [1.165, 1.54) is 17.3 Å². The first kappa shape index (κ1) is 22.2. The third-order valence-electron chi connectivity index (χ3n) is 6.74. The van der Waals surface area contributed by atoms with Crippen LogP contribution in [0.4, 0.5) is 17.5 Å². The molecule has 0 saturated carbocycles. The highest BCUT2D eigenvalue weighted by Gasteiger charge is 2.46. The maximum atomic E-state index is 6.70. The SMILES string of the molecule is CN(C)c1nc(N2CCC3(CC2)Cc2ncccc2[C@H]3N)cnc1Sc1ccnc(N)c1Cl. The lowest BCUT2D eigenvalue weighted by Crippen LogP contribution is -2.44. The average molecular weight is 483 g/mol. The highest BCUT2D eigenvalue weighted by molar-refractivity contribution is 7.99. The monoisotopic (exact) mass is 482 g/mol. The summed E-state index contributed by atoms with van der Waals surface area (Å²) in [7, 11) is 3.93. The Kier molecular flexibility index (Phi) is 5.80. The summed E-state index contributed by atoms with van der Waals surface area (Å²) in [5, 5.41) is 1.20. The van der Waals surface area contributed by atoms with Crippen LogP contribution in [0.25, 0.3) is 0 Å². The van der Waals surface area contributed by atoms with Gasteiger partial charge in [-0.2, -0.15) is 0 Å². The zero-order valence-electron chi connectivity index (χ0n) is 18.7. The Morgan fingerprint density at radius 1 is 1.15 bits per heavy atom. The summed E-state index contributed by atoms with van der Waals surface area (Å²) < 4.78 is 0. The molecule has 1 aliphatic heterocycles. The Labute approximate surface area is 202 Å². The fourth-order valence-corrected chi connectivity index (χ4v) is 6.01. The van der Waals surface area contributed by atoms with Gasteiger partial charge in [0.2, 0.25) is 0 Å². The van der Waals surface area contributed by atoms with Crippen LogP contribution >= 0.6 is 23.4 Å². The molecule has 4 heterocycles. The molecule has 5 rings (SSSR count). The minimum Gasteiger partial charge on any atom is -0.382 e. The molecule has 0 bridgehead atoms. The lowest BCUT2D eigenvalue weighted by molar-refractivity contribution is 0.186. The summed E-state index contributed by atoms with van der Waals surface area (Å²) in [4.78, 5) is 23.4. The number of aromatic nitrogens is 4. The van der Waals surface area contributed by atoms with Gasteiger partial charge in [-0.05, 0) is 42.4 Å². The van der Waals surface area contributed by atoms with Gasteiger partial charge in [0.1, 0.15) is 16.7 Å². The van der Waals surface area contributed by atoms with Crippen LogP contribution in [-0.4, -0.2) is 47.1 Å². The lowest BCUT2D eigenvalue weighted by Gasteiger charge is -2.42. The minimum absolute atomic E-state index is 0.0445. The van der Waals surface area contributed by atoms with Crippen molar-refractivity contribution in [2.75, 3.05) is 42.7 Å². The molecule has 1 atom stereocenters. The summed E-state index contributed by atoms with van der Waals surface area (Å²) in [6.07, 6.45) is 8.32. The smallest absolute Gasteiger partial charge is 0.163 e. The Morgan fingerprint density at radius 2 is 1.94 bits per heavy atom. The van der Waals surface area contributed by atoms with Crippen LogP contribution in [0.5, 0.6) is 0 Å². The topological polar surface area (TPSA) is 110 Å². The van der Waals surface area contributed by atoms with Crippen molar-refractivity contribution in [3.63, 3.8) is 0 Å². The number of hydrogen-bond acceptors (Lipinski definition) is 9. The van der Waals surface area contributed by atoms with Gasteiger partial charge in [-0.15, -0.1) is 0 Å². The van der Waals surface area contributed by atoms with E-state index >= 15 is 0 Å². The lowest BCUT2D eigenvalue weighted by atomic mass is 9.73. The Hall–Kier alpha value is -2.62. The molecule has 1 aliphatic carbocycles. The number of anilines is 3. The fourth-order valence-electron chi connectivity index (χ4n) is 4.82. The van der Waals surface area contributed by atoms with Crippen molar-refractivity contribution < 1.29 is 0 Å².